The Balaban J connectivity index is 1.79. The summed E-state index contributed by atoms with van der Waals surface area (Å²) in [7, 11) is 0. The first-order chi connectivity index (χ1) is 9.96. The molecule has 0 spiro atoms. The van der Waals surface area contributed by atoms with Crippen molar-refractivity contribution in [2.24, 2.45) is 11.7 Å². The lowest BCUT2D eigenvalue weighted by Crippen LogP contribution is -2.53. The van der Waals surface area contributed by atoms with Crippen LogP contribution in [0.4, 0.5) is 5.13 Å². The van der Waals surface area contributed by atoms with E-state index in [1.807, 2.05) is 12.1 Å². The molecule has 21 heavy (non-hydrogen) atoms. The van der Waals surface area contributed by atoms with Gasteiger partial charge in [0.1, 0.15) is 0 Å². The van der Waals surface area contributed by atoms with Crippen LogP contribution in [0.15, 0.2) is 18.2 Å². The normalized spacial score (nSPS) is 26.0. The summed E-state index contributed by atoms with van der Waals surface area (Å²) in [5, 5.41) is 4.13. The number of hydrogen-bond acceptors (Lipinski definition) is 4. The Hall–Kier alpha value is -1.17. The number of fused-ring (bicyclic) bond motifs is 1. The lowest BCUT2D eigenvalue weighted by atomic mass is 9.76. The Labute approximate surface area is 132 Å². The molecule has 4 nitrogen and oxygen atoms in total. The van der Waals surface area contributed by atoms with Gasteiger partial charge in [0, 0.05) is 5.02 Å². The van der Waals surface area contributed by atoms with Crippen molar-refractivity contribution in [3.63, 3.8) is 0 Å². The molecule has 0 bridgehead atoms. The van der Waals surface area contributed by atoms with E-state index in [4.69, 9.17) is 17.3 Å². The predicted molar refractivity (Wildman–Crippen MR) is 87.8 cm³/mol. The zero-order valence-corrected chi connectivity index (χ0v) is 13.4. The summed E-state index contributed by atoms with van der Waals surface area (Å²) in [6.45, 7) is 2.15. The van der Waals surface area contributed by atoms with E-state index in [0.717, 1.165) is 35.9 Å². The first kappa shape index (κ1) is 14.8. The van der Waals surface area contributed by atoms with Crippen molar-refractivity contribution in [2.75, 3.05) is 5.32 Å². The molecule has 0 radical (unpaired) electrons. The Morgan fingerprint density at radius 1 is 1.57 bits per heavy atom. The van der Waals surface area contributed by atoms with Crippen molar-refractivity contribution in [1.29, 1.82) is 0 Å². The highest BCUT2D eigenvalue weighted by atomic mass is 35.5. The molecule has 3 rings (SSSR count). The third kappa shape index (κ3) is 3.05. The molecule has 1 heterocycles. The van der Waals surface area contributed by atoms with Gasteiger partial charge in [-0.2, -0.15) is 0 Å². The van der Waals surface area contributed by atoms with Gasteiger partial charge in [-0.05, 0) is 37.0 Å². The molecule has 1 fully saturated rings. The number of benzene rings is 1. The van der Waals surface area contributed by atoms with Crippen LogP contribution in [0.25, 0.3) is 10.2 Å². The number of nitrogens with zero attached hydrogens (tertiary/aromatic N) is 1. The van der Waals surface area contributed by atoms with E-state index in [1.54, 1.807) is 6.07 Å². The average molecular weight is 324 g/mol. The Kier molecular flexibility index (Phi) is 3.90. The Bertz CT molecular complexity index is 687. The lowest BCUT2D eigenvalue weighted by Gasteiger charge is -2.34. The highest BCUT2D eigenvalue weighted by molar-refractivity contribution is 7.22. The molecule has 2 atom stereocenters. The zero-order valence-electron chi connectivity index (χ0n) is 11.9. The zero-order chi connectivity index (χ0) is 15.0. The third-order valence-corrected chi connectivity index (χ3v) is 5.22. The van der Waals surface area contributed by atoms with E-state index in [9.17, 15) is 4.79 Å². The molecule has 1 aromatic heterocycles. The monoisotopic (exact) mass is 323 g/mol. The van der Waals surface area contributed by atoms with E-state index in [-0.39, 0.29) is 5.91 Å². The second-order valence-corrected chi connectivity index (χ2v) is 7.41. The van der Waals surface area contributed by atoms with Crippen molar-refractivity contribution in [3.05, 3.63) is 23.2 Å². The maximum atomic E-state index is 12.5. The molecule has 2 aromatic rings. The Morgan fingerprint density at radius 3 is 3.14 bits per heavy atom. The fourth-order valence-electron chi connectivity index (χ4n) is 2.97. The van der Waals surface area contributed by atoms with Gasteiger partial charge in [0.25, 0.3) is 0 Å². The van der Waals surface area contributed by atoms with Gasteiger partial charge in [0.15, 0.2) is 5.13 Å². The van der Waals surface area contributed by atoms with Gasteiger partial charge in [0.05, 0.1) is 15.8 Å². The molecular weight excluding hydrogens is 306 g/mol. The molecule has 1 aromatic carbocycles. The van der Waals surface area contributed by atoms with Crippen LogP contribution >= 0.6 is 22.9 Å². The van der Waals surface area contributed by atoms with Crippen LogP contribution in [0.5, 0.6) is 0 Å². The van der Waals surface area contributed by atoms with E-state index >= 15 is 0 Å². The van der Waals surface area contributed by atoms with Gasteiger partial charge in [-0.3, -0.25) is 4.79 Å². The third-order valence-electron chi connectivity index (χ3n) is 4.06. The SMILES string of the molecule is CC1CCCC(N)(C(=O)Nc2nc3ccc(Cl)cc3s2)C1. The molecule has 1 amide bonds. The summed E-state index contributed by atoms with van der Waals surface area (Å²) < 4.78 is 0.959. The van der Waals surface area contributed by atoms with Crippen molar-refractivity contribution in [2.45, 2.75) is 38.1 Å². The second kappa shape index (κ2) is 5.55. The summed E-state index contributed by atoms with van der Waals surface area (Å²) in [4.78, 5) is 16.9. The molecule has 0 aliphatic heterocycles. The molecule has 1 aliphatic rings. The highest BCUT2D eigenvalue weighted by Gasteiger charge is 2.38. The molecule has 0 saturated heterocycles. The molecule has 1 saturated carbocycles. The molecule has 2 unspecified atom stereocenters. The van der Waals surface area contributed by atoms with Crippen LogP contribution in [-0.2, 0) is 4.79 Å². The van der Waals surface area contributed by atoms with Crippen molar-refractivity contribution < 1.29 is 4.79 Å². The summed E-state index contributed by atoms with van der Waals surface area (Å²) in [6, 6.07) is 5.50. The number of aromatic nitrogens is 1. The van der Waals surface area contributed by atoms with Gasteiger partial charge in [-0.1, -0.05) is 42.7 Å². The molecule has 3 N–H and O–H groups in total. The van der Waals surface area contributed by atoms with Crippen LogP contribution in [0, 0.1) is 5.92 Å². The average Bonchev–Trinajstić information content (AvgIpc) is 2.79. The van der Waals surface area contributed by atoms with Crippen LogP contribution in [0.2, 0.25) is 5.02 Å². The summed E-state index contributed by atoms with van der Waals surface area (Å²) in [5.41, 5.74) is 6.37. The van der Waals surface area contributed by atoms with Gasteiger partial charge < -0.3 is 11.1 Å². The number of thiazole rings is 1. The quantitative estimate of drug-likeness (QED) is 0.883. The van der Waals surface area contributed by atoms with E-state index < -0.39 is 5.54 Å². The van der Waals surface area contributed by atoms with Crippen molar-refractivity contribution in [3.8, 4) is 0 Å². The van der Waals surface area contributed by atoms with Crippen LogP contribution in [-0.4, -0.2) is 16.4 Å². The molecular formula is C15H18ClN3OS. The number of anilines is 1. The lowest BCUT2D eigenvalue weighted by molar-refractivity contribution is -0.122. The highest BCUT2D eigenvalue weighted by Crippen LogP contribution is 2.33. The number of amides is 1. The van der Waals surface area contributed by atoms with Crippen LogP contribution in [0.1, 0.15) is 32.6 Å². The van der Waals surface area contributed by atoms with E-state index in [0.29, 0.717) is 16.1 Å². The van der Waals surface area contributed by atoms with Gasteiger partial charge in [-0.15, -0.1) is 0 Å². The topological polar surface area (TPSA) is 68.0 Å². The summed E-state index contributed by atoms with van der Waals surface area (Å²) >= 11 is 7.39. The maximum Gasteiger partial charge on any atom is 0.246 e. The molecule has 1 aliphatic carbocycles. The van der Waals surface area contributed by atoms with Gasteiger partial charge in [-0.25, -0.2) is 4.98 Å². The summed E-state index contributed by atoms with van der Waals surface area (Å²) in [6.07, 6.45) is 3.61. The van der Waals surface area contributed by atoms with Gasteiger partial charge in [0.2, 0.25) is 5.91 Å². The number of halogens is 1. The minimum atomic E-state index is -0.771. The largest absolute Gasteiger partial charge is 0.317 e. The Morgan fingerprint density at radius 2 is 2.38 bits per heavy atom. The van der Waals surface area contributed by atoms with Crippen molar-refractivity contribution in [1.82, 2.24) is 4.98 Å². The number of nitrogens with two attached hydrogens (primary N) is 1. The smallest absolute Gasteiger partial charge is 0.246 e. The fourth-order valence-corrected chi connectivity index (χ4v) is 4.11. The number of carbonyl (C=O) groups is 1. The first-order valence-electron chi connectivity index (χ1n) is 7.13. The molecule has 112 valence electrons. The number of rotatable bonds is 2. The van der Waals surface area contributed by atoms with Crippen LogP contribution in [0.3, 0.4) is 0 Å². The minimum absolute atomic E-state index is 0.126. The number of nitrogens with one attached hydrogen (secondary N) is 1. The number of carbonyl (C=O) groups excluding carboxylic acids is 1. The van der Waals surface area contributed by atoms with E-state index in [2.05, 4.69) is 17.2 Å². The van der Waals surface area contributed by atoms with E-state index in [1.165, 1.54) is 11.3 Å². The summed E-state index contributed by atoms with van der Waals surface area (Å²) in [5.74, 6) is 0.364. The van der Waals surface area contributed by atoms with Crippen LogP contribution < -0.4 is 11.1 Å². The maximum absolute atomic E-state index is 12.5. The number of hydrogen-bond donors (Lipinski definition) is 2. The fraction of sp³-hybridized carbons (Fsp3) is 0.467. The second-order valence-electron chi connectivity index (χ2n) is 5.94. The minimum Gasteiger partial charge on any atom is -0.317 e. The standard InChI is InChI=1S/C15H18ClN3OS/c1-9-3-2-6-15(17,8-9)13(20)19-14-18-11-5-4-10(16)7-12(11)21-14/h4-5,7,9H,2-3,6,8,17H2,1H3,(H,18,19,20). The van der Waals surface area contributed by atoms with Crippen molar-refractivity contribution >= 4 is 44.2 Å². The van der Waals surface area contributed by atoms with Gasteiger partial charge >= 0.3 is 0 Å². The first-order valence-corrected chi connectivity index (χ1v) is 8.32. The molecule has 6 heteroatoms. The predicted octanol–water partition coefficient (Wildman–Crippen LogP) is 3.80.